The van der Waals surface area contributed by atoms with Crippen molar-refractivity contribution in [2.75, 3.05) is 17.6 Å². The Balaban J connectivity index is 1.76. The zero-order valence-corrected chi connectivity index (χ0v) is 14.0. The van der Waals surface area contributed by atoms with Crippen molar-refractivity contribution >= 4 is 43.3 Å². The molecule has 2 N–H and O–H groups in total. The molecule has 1 aliphatic heterocycles. The lowest BCUT2D eigenvalue weighted by Crippen LogP contribution is -2.34. The number of benzene rings is 1. The molecule has 0 bridgehead atoms. The first-order chi connectivity index (χ1) is 10.4. The van der Waals surface area contributed by atoms with E-state index in [1.807, 2.05) is 6.07 Å². The van der Waals surface area contributed by atoms with Gasteiger partial charge in [-0.15, -0.1) is 0 Å². The van der Waals surface area contributed by atoms with E-state index in [9.17, 15) is 18.0 Å². The number of nitrogens with one attached hydrogen (secondary N) is 2. The van der Waals surface area contributed by atoms with E-state index in [2.05, 4.69) is 26.6 Å². The first kappa shape index (κ1) is 16.7. The number of halogens is 1. The summed E-state index contributed by atoms with van der Waals surface area (Å²) in [5.74, 6) is -1.08. The molecule has 8 heteroatoms. The van der Waals surface area contributed by atoms with Gasteiger partial charge >= 0.3 is 0 Å². The Hall–Kier alpha value is -1.67. The number of allylic oxidation sites excluding steroid dienone is 1. The molecule has 2 rings (SSSR count). The highest BCUT2D eigenvalue weighted by atomic mass is 79.9. The maximum atomic E-state index is 11.8. The fourth-order valence-corrected chi connectivity index (χ4v) is 3.80. The van der Waals surface area contributed by atoms with Crippen LogP contribution in [0.5, 0.6) is 0 Å². The summed E-state index contributed by atoms with van der Waals surface area (Å²) in [4.78, 5) is 23.5. The third-order valence-corrected chi connectivity index (χ3v) is 5.20. The van der Waals surface area contributed by atoms with Crippen LogP contribution in [0.1, 0.15) is 6.42 Å². The molecule has 0 aromatic heterocycles. The smallest absolute Gasteiger partial charge is 0.243 e. The van der Waals surface area contributed by atoms with Crippen LogP contribution in [-0.4, -0.2) is 32.5 Å². The van der Waals surface area contributed by atoms with Crippen LogP contribution in [-0.2, 0) is 19.4 Å². The minimum atomic E-state index is -3.16. The first-order valence-electron chi connectivity index (χ1n) is 6.58. The van der Waals surface area contributed by atoms with Gasteiger partial charge < -0.3 is 10.6 Å². The molecule has 0 aliphatic carbocycles. The number of rotatable bonds is 5. The molecule has 0 spiro atoms. The van der Waals surface area contributed by atoms with Gasteiger partial charge in [0.15, 0.2) is 9.84 Å². The van der Waals surface area contributed by atoms with Crippen LogP contribution < -0.4 is 10.6 Å². The monoisotopic (exact) mass is 386 g/mol. The van der Waals surface area contributed by atoms with Gasteiger partial charge in [0, 0.05) is 22.2 Å². The number of amides is 2. The predicted molar refractivity (Wildman–Crippen MR) is 86.8 cm³/mol. The second kappa shape index (κ2) is 7.06. The molecule has 0 saturated carbocycles. The molecular formula is C14H15BrN2O4S. The van der Waals surface area contributed by atoms with Crippen LogP contribution >= 0.6 is 15.9 Å². The largest absolute Gasteiger partial charge is 0.347 e. The van der Waals surface area contributed by atoms with Gasteiger partial charge in [-0.25, -0.2) is 8.42 Å². The second-order valence-electron chi connectivity index (χ2n) is 4.93. The zero-order chi connectivity index (χ0) is 16.2. The molecule has 1 atom stereocenters. The molecule has 0 unspecified atom stereocenters. The normalized spacial score (nSPS) is 18.9. The molecule has 118 valence electrons. The summed E-state index contributed by atoms with van der Waals surface area (Å²) in [7, 11) is -3.16. The number of sulfone groups is 1. The number of anilines is 1. The molecule has 0 fully saturated rings. The molecule has 1 heterocycles. The topological polar surface area (TPSA) is 92.3 Å². The van der Waals surface area contributed by atoms with Crippen molar-refractivity contribution < 1.29 is 18.0 Å². The van der Waals surface area contributed by atoms with Gasteiger partial charge in [0.2, 0.25) is 11.8 Å². The van der Waals surface area contributed by atoms with E-state index in [1.165, 1.54) is 6.08 Å². The molecule has 0 radical (unpaired) electrons. The van der Waals surface area contributed by atoms with E-state index >= 15 is 0 Å². The van der Waals surface area contributed by atoms with Crippen molar-refractivity contribution in [3.63, 3.8) is 0 Å². The van der Waals surface area contributed by atoms with Crippen molar-refractivity contribution in [1.82, 2.24) is 5.32 Å². The fraction of sp³-hybridized carbons (Fsp3) is 0.286. The highest BCUT2D eigenvalue weighted by Crippen LogP contribution is 2.21. The zero-order valence-electron chi connectivity index (χ0n) is 11.6. The Morgan fingerprint density at radius 2 is 1.95 bits per heavy atom. The lowest BCUT2D eigenvalue weighted by molar-refractivity contribution is -0.124. The van der Waals surface area contributed by atoms with Crippen molar-refractivity contribution in [2.45, 2.75) is 6.42 Å². The summed E-state index contributed by atoms with van der Waals surface area (Å²) in [5, 5.41) is 6.27. The Bertz CT molecular complexity index is 715. The van der Waals surface area contributed by atoms with E-state index in [-0.39, 0.29) is 36.5 Å². The van der Waals surface area contributed by atoms with Gasteiger partial charge in [0.1, 0.15) is 0 Å². The average Bonchev–Trinajstić information content (AvgIpc) is 2.78. The number of carbonyl (C=O) groups excluding carboxylic acids is 2. The Labute approximate surface area is 137 Å². The molecule has 1 aliphatic rings. The standard InChI is InChI=1S/C14H15BrN2O4S/c15-11-3-1-2-4-12(11)17-14(19)8-16-13(18)7-10-5-6-22(20,21)9-10/h1-6,10H,7-9H2,(H,16,18)(H,17,19)/t10-/m1/s1. The van der Waals surface area contributed by atoms with Crippen molar-refractivity contribution in [3.05, 3.63) is 40.2 Å². The van der Waals surface area contributed by atoms with Crippen LogP contribution in [0.2, 0.25) is 0 Å². The highest BCUT2D eigenvalue weighted by molar-refractivity contribution is 9.10. The van der Waals surface area contributed by atoms with E-state index in [0.717, 1.165) is 9.88 Å². The van der Waals surface area contributed by atoms with Crippen molar-refractivity contribution in [3.8, 4) is 0 Å². The minimum absolute atomic E-state index is 0.0520. The lowest BCUT2D eigenvalue weighted by atomic mass is 10.1. The molecule has 6 nitrogen and oxygen atoms in total. The molecule has 1 aromatic carbocycles. The quantitative estimate of drug-likeness (QED) is 0.800. The van der Waals surface area contributed by atoms with Crippen LogP contribution in [0.3, 0.4) is 0 Å². The SMILES string of the molecule is O=C(C[C@H]1C=CS(=O)(=O)C1)NCC(=O)Nc1ccccc1Br. The minimum Gasteiger partial charge on any atom is -0.347 e. The van der Waals surface area contributed by atoms with Crippen molar-refractivity contribution in [1.29, 1.82) is 0 Å². The third-order valence-electron chi connectivity index (χ3n) is 3.05. The summed E-state index contributed by atoms with van der Waals surface area (Å²) in [6.45, 7) is -0.163. The predicted octanol–water partition coefficient (Wildman–Crippen LogP) is 1.45. The third kappa shape index (κ3) is 4.96. The number of hydrogen-bond acceptors (Lipinski definition) is 4. The summed E-state index contributed by atoms with van der Waals surface area (Å²) in [5.41, 5.74) is 0.617. The Kier molecular flexibility index (Phi) is 5.36. The van der Waals surface area contributed by atoms with E-state index < -0.39 is 9.84 Å². The first-order valence-corrected chi connectivity index (χ1v) is 9.08. The van der Waals surface area contributed by atoms with Crippen LogP contribution in [0, 0.1) is 5.92 Å². The molecule has 2 amide bonds. The number of hydrogen-bond donors (Lipinski definition) is 2. The van der Waals surface area contributed by atoms with E-state index in [0.29, 0.717) is 5.69 Å². The van der Waals surface area contributed by atoms with Gasteiger partial charge in [-0.05, 0) is 28.1 Å². The number of para-hydroxylation sites is 1. The van der Waals surface area contributed by atoms with Gasteiger partial charge in [-0.2, -0.15) is 0 Å². The van der Waals surface area contributed by atoms with Crippen LogP contribution in [0.25, 0.3) is 0 Å². The van der Waals surface area contributed by atoms with Crippen LogP contribution in [0.4, 0.5) is 5.69 Å². The van der Waals surface area contributed by atoms with Gasteiger partial charge in [-0.1, -0.05) is 18.2 Å². The Morgan fingerprint density at radius 1 is 1.23 bits per heavy atom. The summed E-state index contributed by atoms with van der Waals surface area (Å²) >= 11 is 3.31. The molecule has 22 heavy (non-hydrogen) atoms. The highest BCUT2D eigenvalue weighted by Gasteiger charge is 2.23. The van der Waals surface area contributed by atoms with Crippen LogP contribution in [0.15, 0.2) is 40.2 Å². The van der Waals surface area contributed by atoms with Crippen molar-refractivity contribution in [2.24, 2.45) is 5.92 Å². The van der Waals surface area contributed by atoms with Gasteiger partial charge in [-0.3, -0.25) is 9.59 Å². The average molecular weight is 387 g/mol. The van der Waals surface area contributed by atoms with Gasteiger partial charge in [0.05, 0.1) is 18.0 Å². The maximum absolute atomic E-state index is 11.8. The Morgan fingerprint density at radius 3 is 2.59 bits per heavy atom. The maximum Gasteiger partial charge on any atom is 0.243 e. The summed E-state index contributed by atoms with van der Waals surface area (Å²) < 4.78 is 23.2. The van der Waals surface area contributed by atoms with E-state index in [1.54, 1.807) is 18.2 Å². The fourth-order valence-electron chi connectivity index (χ4n) is 2.01. The van der Waals surface area contributed by atoms with E-state index in [4.69, 9.17) is 0 Å². The molecule has 0 saturated heterocycles. The molecular weight excluding hydrogens is 372 g/mol. The summed E-state index contributed by atoms with van der Waals surface area (Å²) in [6.07, 6.45) is 1.56. The second-order valence-corrected chi connectivity index (χ2v) is 7.71. The van der Waals surface area contributed by atoms with Gasteiger partial charge in [0.25, 0.3) is 0 Å². The lowest BCUT2D eigenvalue weighted by Gasteiger charge is -2.09. The summed E-state index contributed by atoms with van der Waals surface area (Å²) in [6, 6.07) is 7.13. The molecule has 1 aromatic rings. The number of carbonyl (C=O) groups is 2.